The lowest BCUT2D eigenvalue weighted by Gasteiger charge is -2.15. The summed E-state index contributed by atoms with van der Waals surface area (Å²) in [5.41, 5.74) is 4.27. The summed E-state index contributed by atoms with van der Waals surface area (Å²) in [6.07, 6.45) is 0. The Kier molecular flexibility index (Phi) is 11.5. The summed E-state index contributed by atoms with van der Waals surface area (Å²) in [6.45, 7) is 2.96. The molecule has 10 heteroatoms. The summed E-state index contributed by atoms with van der Waals surface area (Å²) < 4.78 is 15.7. The average molecular weight is 946 g/mol. The Balaban J connectivity index is 1.18. The van der Waals surface area contributed by atoms with Crippen molar-refractivity contribution >= 4 is 86.9 Å². The van der Waals surface area contributed by atoms with Crippen LogP contribution in [0.2, 0.25) is 0 Å². The van der Waals surface area contributed by atoms with Gasteiger partial charge >= 0.3 is 0 Å². The molecule has 0 spiro atoms. The van der Waals surface area contributed by atoms with Gasteiger partial charge in [0.25, 0.3) is 0 Å². The molecule has 258 valence electrons. The number of benzene rings is 6. The number of Topliss-reactive ketones (excluding diaryl/α,β-unsaturated/α-hetero) is 4. The molecule has 6 aromatic carbocycles. The van der Waals surface area contributed by atoms with Gasteiger partial charge in [0.2, 0.25) is 11.6 Å². The summed E-state index contributed by atoms with van der Waals surface area (Å²) in [6, 6.07) is 34.6. The lowest BCUT2D eigenvalue weighted by atomic mass is 9.96. The normalized spacial score (nSPS) is 10.8. The minimum absolute atomic E-state index is 0.169. The van der Waals surface area contributed by atoms with E-state index in [0.29, 0.717) is 45.3 Å². The van der Waals surface area contributed by atoms with Gasteiger partial charge in [-0.25, -0.2) is 0 Å². The second kappa shape index (κ2) is 16.0. The monoisotopic (exact) mass is 942 g/mol. The van der Waals surface area contributed by atoms with E-state index in [-0.39, 0.29) is 22.7 Å². The predicted octanol–water partition coefficient (Wildman–Crippen LogP) is 13.1. The Bertz CT molecular complexity index is 2180. The number of hydrogen-bond acceptors (Lipinski definition) is 6. The van der Waals surface area contributed by atoms with Crippen LogP contribution in [0.5, 0.6) is 23.0 Å². The van der Waals surface area contributed by atoms with E-state index in [4.69, 9.17) is 9.47 Å². The molecular formula is C42H26Br4O6. The highest BCUT2D eigenvalue weighted by molar-refractivity contribution is 9.11. The molecule has 0 unspecified atom stereocenters. The first-order valence-corrected chi connectivity index (χ1v) is 18.9. The van der Waals surface area contributed by atoms with Crippen LogP contribution in [-0.4, -0.2) is 23.1 Å². The van der Waals surface area contributed by atoms with Gasteiger partial charge in [0.15, 0.2) is 11.6 Å². The molecule has 0 heterocycles. The van der Waals surface area contributed by atoms with Crippen molar-refractivity contribution in [1.29, 1.82) is 0 Å². The Morgan fingerprint density at radius 1 is 0.442 bits per heavy atom. The summed E-state index contributed by atoms with van der Waals surface area (Å²) in [7, 11) is 0. The fourth-order valence-corrected chi connectivity index (χ4v) is 8.31. The van der Waals surface area contributed by atoms with Crippen molar-refractivity contribution in [1.82, 2.24) is 0 Å². The minimum Gasteiger partial charge on any atom is -0.457 e. The number of hydrogen-bond donors (Lipinski definition) is 0. The van der Waals surface area contributed by atoms with E-state index in [1.54, 1.807) is 48.5 Å². The number of rotatable bonds is 11. The molecule has 52 heavy (non-hydrogen) atoms. The molecule has 0 saturated heterocycles. The number of carbonyl (C=O) groups excluding carboxylic acids is 4. The van der Waals surface area contributed by atoms with Crippen molar-refractivity contribution in [3.8, 4) is 45.3 Å². The number of ketones is 4. The van der Waals surface area contributed by atoms with E-state index in [1.165, 1.54) is 38.1 Å². The van der Waals surface area contributed by atoms with Crippen LogP contribution in [0.4, 0.5) is 0 Å². The highest BCUT2D eigenvalue weighted by atomic mass is 79.9. The van der Waals surface area contributed by atoms with Crippen LogP contribution >= 0.6 is 63.7 Å². The van der Waals surface area contributed by atoms with Crippen molar-refractivity contribution in [3.05, 3.63) is 161 Å². The highest BCUT2D eigenvalue weighted by Gasteiger charge is 2.21. The van der Waals surface area contributed by atoms with Gasteiger partial charge in [-0.05, 0) is 133 Å². The average Bonchev–Trinajstić information content (AvgIpc) is 3.10. The zero-order chi connectivity index (χ0) is 37.1. The van der Waals surface area contributed by atoms with Crippen molar-refractivity contribution < 1.29 is 28.7 Å². The first kappa shape index (κ1) is 37.3. The third-order valence-electron chi connectivity index (χ3n) is 8.00. The van der Waals surface area contributed by atoms with E-state index >= 15 is 0 Å². The molecule has 0 aliphatic rings. The predicted molar refractivity (Wildman–Crippen MR) is 216 cm³/mol. The third kappa shape index (κ3) is 8.42. The summed E-state index contributed by atoms with van der Waals surface area (Å²) in [4.78, 5) is 52.0. The fourth-order valence-electron chi connectivity index (χ4n) is 5.72. The summed E-state index contributed by atoms with van der Waals surface area (Å²) >= 11 is 14.0. The van der Waals surface area contributed by atoms with Crippen LogP contribution < -0.4 is 9.47 Å². The SMILES string of the molecule is CC(=O)c1c(Oc2ccc(C(=O)C(=O)c3ccc(Oc4cccc(-c5cc(Br)cc(Br)c5)c4C(C)=O)cc3)cc2)cccc1-c1cc(Br)cc(Br)c1. The van der Waals surface area contributed by atoms with E-state index in [1.807, 2.05) is 48.5 Å². The van der Waals surface area contributed by atoms with E-state index < -0.39 is 11.6 Å². The van der Waals surface area contributed by atoms with Crippen molar-refractivity contribution in [2.24, 2.45) is 0 Å². The topological polar surface area (TPSA) is 86.7 Å². The lowest BCUT2D eigenvalue weighted by molar-refractivity contribution is 0.0817. The highest BCUT2D eigenvalue weighted by Crippen LogP contribution is 2.38. The van der Waals surface area contributed by atoms with Crippen LogP contribution in [0.3, 0.4) is 0 Å². The Morgan fingerprint density at radius 2 is 0.769 bits per heavy atom. The molecule has 0 radical (unpaired) electrons. The van der Waals surface area contributed by atoms with Crippen LogP contribution in [-0.2, 0) is 0 Å². The van der Waals surface area contributed by atoms with Crippen LogP contribution in [0.25, 0.3) is 22.3 Å². The van der Waals surface area contributed by atoms with E-state index in [2.05, 4.69) is 63.7 Å². The summed E-state index contributed by atoms with van der Waals surface area (Å²) in [5, 5.41) is 0. The number of ether oxygens (including phenoxy) is 2. The number of carbonyl (C=O) groups is 4. The van der Waals surface area contributed by atoms with Gasteiger partial charge < -0.3 is 9.47 Å². The van der Waals surface area contributed by atoms with Gasteiger partial charge in [0.05, 0.1) is 11.1 Å². The van der Waals surface area contributed by atoms with Gasteiger partial charge in [0.1, 0.15) is 23.0 Å². The smallest absolute Gasteiger partial charge is 0.233 e. The first-order valence-electron chi connectivity index (χ1n) is 15.7. The molecule has 0 aliphatic carbocycles. The Morgan fingerprint density at radius 3 is 1.08 bits per heavy atom. The fraction of sp³-hybridized carbons (Fsp3) is 0.0476. The molecule has 6 rings (SSSR count). The van der Waals surface area contributed by atoms with Crippen LogP contribution in [0.1, 0.15) is 55.3 Å². The molecular weight excluding hydrogens is 920 g/mol. The van der Waals surface area contributed by atoms with E-state index in [0.717, 1.165) is 29.0 Å². The van der Waals surface area contributed by atoms with Crippen LogP contribution in [0.15, 0.2) is 139 Å². The maximum atomic E-state index is 13.2. The van der Waals surface area contributed by atoms with Gasteiger partial charge in [-0.2, -0.15) is 0 Å². The number of halogens is 4. The lowest BCUT2D eigenvalue weighted by Crippen LogP contribution is -2.14. The maximum Gasteiger partial charge on any atom is 0.233 e. The zero-order valence-electron chi connectivity index (χ0n) is 27.5. The van der Waals surface area contributed by atoms with Crippen LogP contribution in [0, 0.1) is 0 Å². The third-order valence-corrected chi connectivity index (χ3v) is 9.83. The van der Waals surface area contributed by atoms with Gasteiger partial charge in [-0.15, -0.1) is 0 Å². The maximum absolute atomic E-state index is 13.2. The molecule has 0 N–H and O–H groups in total. The second-order valence-electron chi connectivity index (χ2n) is 11.7. The molecule has 0 aliphatic heterocycles. The molecule has 0 aromatic heterocycles. The van der Waals surface area contributed by atoms with Crippen molar-refractivity contribution in [3.63, 3.8) is 0 Å². The Labute approximate surface area is 333 Å². The molecule has 0 saturated carbocycles. The summed E-state index contributed by atoms with van der Waals surface area (Å²) in [5.74, 6) is -0.222. The molecule has 0 amide bonds. The molecule has 0 bridgehead atoms. The minimum atomic E-state index is -0.696. The standard InChI is InChI=1S/C42H26Br4O6/c1-23(47)39-35(27-17-29(43)21-30(44)18-27)5-3-7-37(39)51-33-13-9-25(10-14-33)41(49)42(50)26-11-15-34(16-12-26)52-38-8-4-6-36(40(38)24(2)48)28-19-31(45)22-32(46)20-28/h3-22H,1-2H3. The zero-order valence-corrected chi connectivity index (χ0v) is 33.9. The first-order chi connectivity index (χ1) is 24.9. The van der Waals surface area contributed by atoms with Gasteiger partial charge in [-0.3, -0.25) is 19.2 Å². The quantitative estimate of drug-likeness (QED) is 0.0950. The van der Waals surface area contributed by atoms with Crippen molar-refractivity contribution in [2.45, 2.75) is 13.8 Å². The van der Waals surface area contributed by atoms with E-state index in [9.17, 15) is 19.2 Å². The Hall–Kier alpha value is -4.48. The van der Waals surface area contributed by atoms with Crippen molar-refractivity contribution in [2.75, 3.05) is 0 Å². The molecule has 0 atom stereocenters. The molecule has 6 aromatic rings. The van der Waals surface area contributed by atoms with Gasteiger partial charge in [-0.1, -0.05) is 88.0 Å². The molecule has 6 nitrogen and oxygen atoms in total. The largest absolute Gasteiger partial charge is 0.457 e. The second-order valence-corrected chi connectivity index (χ2v) is 15.4. The molecule has 0 fully saturated rings. The van der Waals surface area contributed by atoms with Gasteiger partial charge in [0, 0.05) is 29.0 Å².